The highest BCUT2D eigenvalue weighted by atomic mass is 16.2. The lowest BCUT2D eigenvalue weighted by molar-refractivity contribution is -0.126. The average Bonchev–Trinajstić information content (AvgIpc) is 2.27. The van der Waals surface area contributed by atoms with Crippen molar-refractivity contribution in [3.05, 3.63) is 23.8 Å². The van der Waals surface area contributed by atoms with Crippen LogP contribution in [-0.2, 0) is 9.59 Å². The van der Waals surface area contributed by atoms with Gasteiger partial charge in [0.1, 0.15) is 0 Å². The van der Waals surface area contributed by atoms with Gasteiger partial charge in [0.25, 0.3) is 5.91 Å². The molecule has 1 fully saturated rings. The van der Waals surface area contributed by atoms with Crippen molar-refractivity contribution in [1.29, 1.82) is 0 Å². The number of nitrogens with one attached hydrogen (secondary N) is 1. The van der Waals surface area contributed by atoms with E-state index in [1.54, 1.807) is 25.2 Å². The number of carbonyl (C=O) groups excluding carboxylic acids is 2. The van der Waals surface area contributed by atoms with Gasteiger partial charge in [0, 0.05) is 11.1 Å². The van der Waals surface area contributed by atoms with Crippen LogP contribution in [0.2, 0.25) is 0 Å². The zero-order chi connectivity index (χ0) is 9.64. The van der Waals surface area contributed by atoms with E-state index in [4.69, 9.17) is 5.73 Å². The number of fused-ring (bicyclic) bond motifs is 1. The van der Waals surface area contributed by atoms with Crippen LogP contribution in [0.4, 0.5) is 0 Å². The Labute approximate surface area is 75.5 Å². The average molecular weight is 178 g/mol. The van der Waals surface area contributed by atoms with Crippen LogP contribution >= 0.6 is 0 Å². The van der Waals surface area contributed by atoms with E-state index in [-0.39, 0.29) is 11.8 Å². The SMILES string of the molecule is CC1(N)C=CC=C2C(=O)NC(=O)C21. The first-order valence-corrected chi connectivity index (χ1v) is 4.06. The molecule has 0 radical (unpaired) electrons. The van der Waals surface area contributed by atoms with Crippen LogP contribution in [0.15, 0.2) is 23.8 Å². The normalized spacial score (nSPS) is 37.1. The molecule has 0 aromatic rings. The Morgan fingerprint density at radius 3 is 2.85 bits per heavy atom. The number of allylic oxidation sites excluding steroid dienone is 2. The van der Waals surface area contributed by atoms with Crippen molar-refractivity contribution in [3.63, 3.8) is 0 Å². The number of hydrogen-bond donors (Lipinski definition) is 2. The standard InChI is InChI=1S/C9H10N2O2/c1-9(10)4-2-3-5-6(9)8(13)11-7(5)12/h2-4,6H,10H2,1H3,(H,11,12,13). The Morgan fingerprint density at radius 1 is 1.54 bits per heavy atom. The van der Waals surface area contributed by atoms with Gasteiger partial charge in [-0.05, 0) is 6.92 Å². The molecule has 4 nitrogen and oxygen atoms in total. The monoisotopic (exact) mass is 178 g/mol. The van der Waals surface area contributed by atoms with Crippen LogP contribution < -0.4 is 11.1 Å². The van der Waals surface area contributed by atoms with Crippen molar-refractivity contribution < 1.29 is 9.59 Å². The van der Waals surface area contributed by atoms with Gasteiger partial charge in [-0.2, -0.15) is 0 Å². The van der Waals surface area contributed by atoms with Gasteiger partial charge < -0.3 is 5.73 Å². The molecule has 1 aliphatic carbocycles. The predicted molar refractivity (Wildman–Crippen MR) is 46.5 cm³/mol. The van der Waals surface area contributed by atoms with E-state index < -0.39 is 11.5 Å². The largest absolute Gasteiger partial charge is 0.321 e. The Balaban J connectivity index is 2.51. The molecule has 0 aromatic carbocycles. The molecular formula is C9H10N2O2. The van der Waals surface area contributed by atoms with Crippen LogP contribution in [-0.4, -0.2) is 17.4 Å². The van der Waals surface area contributed by atoms with Crippen molar-refractivity contribution in [2.45, 2.75) is 12.5 Å². The lowest BCUT2D eigenvalue weighted by Gasteiger charge is -2.28. The maximum atomic E-state index is 11.3. The molecule has 1 saturated heterocycles. The topological polar surface area (TPSA) is 72.2 Å². The minimum Gasteiger partial charge on any atom is -0.321 e. The molecule has 2 aliphatic rings. The fraction of sp³-hybridized carbons (Fsp3) is 0.333. The molecule has 1 heterocycles. The van der Waals surface area contributed by atoms with Gasteiger partial charge in [0.15, 0.2) is 0 Å². The van der Waals surface area contributed by atoms with Gasteiger partial charge in [-0.1, -0.05) is 18.2 Å². The molecule has 2 atom stereocenters. The number of carbonyl (C=O) groups is 2. The Kier molecular flexibility index (Phi) is 1.44. The van der Waals surface area contributed by atoms with Crippen LogP contribution in [0.3, 0.4) is 0 Å². The predicted octanol–water partition coefficient (Wildman–Crippen LogP) is -0.527. The lowest BCUT2D eigenvalue weighted by atomic mass is 9.79. The van der Waals surface area contributed by atoms with E-state index in [2.05, 4.69) is 5.32 Å². The summed E-state index contributed by atoms with van der Waals surface area (Å²) < 4.78 is 0. The maximum Gasteiger partial charge on any atom is 0.254 e. The highest BCUT2D eigenvalue weighted by Crippen LogP contribution is 2.31. The Bertz CT molecular complexity index is 353. The van der Waals surface area contributed by atoms with E-state index in [9.17, 15) is 9.59 Å². The molecule has 2 amide bonds. The van der Waals surface area contributed by atoms with Crippen LogP contribution in [0.25, 0.3) is 0 Å². The number of imide groups is 1. The molecule has 0 bridgehead atoms. The van der Waals surface area contributed by atoms with Crippen LogP contribution in [0.5, 0.6) is 0 Å². The summed E-state index contributed by atoms with van der Waals surface area (Å²) in [5, 5.41) is 2.25. The van der Waals surface area contributed by atoms with Gasteiger partial charge in [-0.15, -0.1) is 0 Å². The molecule has 4 heteroatoms. The third-order valence-corrected chi connectivity index (χ3v) is 2.43. The molecule has 0 spiro atoms. The van der Waals surface area contributed by atoms with Gasteiger partial charge in [0.2, 0.25) is 5.91 Å². The zero-order valence-corrected chi connectivity index (χ0v) is 7.20. The molecule has 68 valence electrons. The highest BCUT2D eigenvalue weighted by molar-refractivity contribution is 6.16. The minimum absolute atomic E-state index is 0.300. The van der Waals surface area contributed by atoms with E-state index >= 15 is 0 Å². The maximum absolute atomic E-state index is 11.3. The number of amides is 2. The molecule has 13 heavy (non-hydrogen) atoms. The minimum atomic E-state index is -0.750. The molecule has 2 rings (SSSR count). The third kappa shape index (κ3) is 1.02. The molecule has 3 N–H and O–H groups in total. The summed E-state index contributed by atoms with van der Waals surface area (Å²) in [6.45, 7) is 1.74. The second kappa shape index (κ2) is 2.29. The van der Waals surface area contributed by atoms with Gasteiger partial charge in [-0.3, -0.25) is 14.9 Å². The number of hydrogen-bond acceptors (Lipinski definition) is 3. The van der Waals surface area contributed by atoms with E-state index in [0.717, 1.165) is 0 Å². The summed E-state index contributed by atoms with van der Waals surface area (Å²) in [7, 11) is 0. The first-order valence-electron chi connectivity index (χ1n) is 4.06. The van der Waals surface area contributed by atoms with Crippen molar-refractivity contribution >= 4 is 11.8 Å². The fourth-order valence-corrected chi connectivity index (χ4v) is 1.77. The van der Waals surface area contributed by atoms with E-state index in [0.29, 0.717) is 5.57 Å². The second-order valence-corrected chi connectivity index (χ2v) is 3.60. The summed E-state index contributed by atoms with van der Waals surface area (Å²) in [4.78, 5) is 22.6. The Morgan fingerprint density at radius 2 is 2.23 bits per heavy atom. The summed E-state index contributed by atoms with van der Waals surface area (Å²) in [6.07, 6.45) is 5.09. The van der Waals surface area contributed by atoms with Crippen LogP contribution in [0.1, 0.15) is 6.92 Å². The molecular weight excluding hydrogens is 168 g/mol. The Hall–Kier alpha value is -1.42. The van der Waals surface area contributed by atoms with Crippen molar-refractivity contribution in [3.8, 4) is 0 Å². The summed E-state index contributed by atoms with van der Waals surface area (Å²) in [5.41, 5.74) is 5.60. The van der Waals surface area contributed by atoms with Gasteiger partial charge >= 0.3 is 0 Å². The number of nitrogens with two attached hydrogens (primary N) is 1. The van der Waals surface area contributed by atoms with Crippen molar-refractivity contribution in [1.82, 2.24) is 5.32 Å². The summed E-state index contributed by atoms with van der Waals surface area (Å²) in [6, 6.07) is 0. The molecule has 2 unspecified atom stereocenters. The lowest BCUT2D eigenvalue weighted by Crippen LogP contribution is -2.47. The number of rotatable bonds is 0. The third-order valence-electron chi connectivity index (χ3n) is 2.43. The van der Waals surface area contributed by atoms with E-state index in [1.807, 2.05) is 0 Å². The zero-order valence-electron chi connectivity index (χ0n) is 7.20. The van der Waals surface area contributed by atoms with Gasteiger partial charge in [0.05, 0.1) is 5.92 Å². The molecule has 1 aliphatic heterocycles. The molecule has 0 saturated carbocycles. The highest BCUT2D eigenvalue weighted by Gasteiger charge is 2.46. The van der Waals surface area contributed by atoms with Crippen molar-refractivity contribution in [2.75, 3.05) is 0 Å². The summed E-state index contributed by atoms with van der Waals surface area (Å²) in [5.74, 6) is -1.15. The van der Waals surface area contributed by atoms with Crippen LogP contribution in [0, 0.1) is 5.92 Å². The first-order chi connectivity index (χ1) is 6.02. The smallest absolute Gasteiger partial charge is 0.254 e. The quantitative estimate of drug-likeness (QED) is 0.490. The second-order valence-electron chi connectivity index (χ2n) is 3.60. The first kappa shape index (κ1) is 8.19. The summed E-state index contributed by atoms with van der Waals surface area (Å²) >= 11 is 0. The van der Waals surface area contributed by atoms with E-state index in [1.165, 1.54) is 0 Å². The van der Waals surface area contributed by atoms with Gasteiger partial charge in [-0.25, -0.2) is 0 Å². The fourth-order valence-electron chi connectivity index (χ4n) is 1.77. The molecule has 0 aromatic heterocycles. The van der Waals surface area contributed by atoms with Crippen molar-refractivity contribution in [2.24, 2.45) is 11.7 Å².